The Labute approximate surface area is 158 Å². The zero-order chi connectivity index (χ0) is 19.2. The van der Waals surface area contributed by atoms with Crippen LogP contribution in [0.5, 0.6) is 0 Å². The van der Waals surface area contributed by atoms with E-state index in [1.807, 2.05) is 0 Å². The molecule has 4 nitrogen and oxygen atoms in total. The van der Waals surface area contributed by atoms with Crippen molar-refractivity contribution < 1.29 is 12.8 Å². The minimum atomic E-state index is -2.97. The maximum Gasteiger partial charge on any atom is 0.225 e. The molecular weight excluding hydrogens is 346 g/mol. The SMILES string of the molecule is Cc1cc(-c2ncco2)ccc1CCCCCCCS(=O)(=O)C(C)(C)C. The molecule has 1 aromatic heterocycles. The highest BCUT2D eigenvalue weighted by Crippen LogP contribution is 2.22. The summed E-state index contributed by atoms with van der Waals surface area (Å²) in [7, 11) is -2.97. The zero-order valence-electron chi connectivity index (χ0n) is 16.4. The molecule has 0 saturated heterocycles. The number of sulfone groups is 1. The number of aromatic nitrogens is 1. The van der Waals surface area contributed by atoms with Gasteiger partial charge in [0.2, 0.25) is 5.89 Å². The Morgan fingerprint density at radius 1 is 1.04 bits per heavy atom. The van der Waals surface area contributed by atoms with Crippen LogP contribution in [0.15, 0.2) is 35.1 Å². The molecule has 0 N–H and O–H groups in total. The molecule has 0 fully saturated rings. The summed E-state index contributed by atoms with van der Waals surface area (Å²) in [4.78, 5) is 4.18. The molecule has 0 bridgehead atoms. The normalized spacial score (nSPS) is 12.5. The van der Waals surface area contributed by atoms with Gasteiger partial charge in [-0.3, -0.25) is 0 Å². The molecule has 0 spiro atoms. The van der Waals surface area contributed by atoms with Gasteiger partial charge in [-0.2, -0.15) is 0 Å². The number of nitrogens with zero attached hydrogens (tertiary/aromatic N) is 1. The van der Waals surface area contributed by atoms with Gasteiger partial charge in [-0.05, 0) is 70.2 Å². The second-order valence-corrected chi connectivity index (χ2v) is 10.8. The highest BCUT2D eigenvalue weighted by Gasteiger charge is 2.27. The number of aryl methyl sites for hydroxylation is 2. The Bertz CT molecular complexity index is 787. The topological polar surface area (TPSA) is 60.2 Å². The zero-order valence-corrected chi connectivity index (χ0v) is 17.2. The molecule has 0 unspecified atom stereocenters. The van der Waals surface area contributed by atoms with E-state index in [-0.39, 0.29) is 0 Å². The van der Waals surface area contributed by atoms with E-state index in [0.717, 1.165) is 44.1 Å². The largest absolute Gasteiger partial charge is 0.445 e. The molecule has 26 heavy (non-hydrogen) atoms. The van der Waals surface area contributed by atoms with Crippen LogP contribution in [0.3, 0.4) is 0 Å². The molecule has 0 aliphatic carbocycles. The lowest BCUT2D eigenvalue weighted by molar-refractivity contribution is 0.552. The molecule has 0 saturated carbocycles. The van der Waals surface area contributed by atoms with Crippen LogP contribution in [-0.4, -0.2) is 23.9 Å². The summed E-state index contributed by atoms with van der Waals surface area (Å²) in [5, 5.41) is 0. The molecule has 1 heterocycles. The number of benzene rings is 1. The Hall–Kier alpha value is -1.62. The molecule has 5 heteroatoms. The van der Waals surface area contributed by atoms with E-state index in [2.05, 4.69) is 30.1 Å². The van der Waals surface area contributed by atoms with Gasteiger partial charge in [-0.1, -0.05) is 25.3 Å². The fraction of sp³-hybridized carbons (Fsp3) is 0.571. The van der Waals surface area contributed by atoms with Gasteiger partial charge in [0.25, 0.3) is 0 Å². The third-order valence-electron chi connectivity index (χ3n) is 4.81. The molecule has 0 radical (unpaired) electrons. The molecule has 2 aromatic rings. The van der Waals surface area contributed by atoms with Crippen molar-refractivity contribution in [3.05, 3.63) is 41.8 Å². The molecule has 2 rings (SSSR count). The molecular formula is C21H31NO3S. The summed E-state index contributed by atoms with van der Waals surface area (Å²) in [6.07, 6.45) is 9.41. The number of hydrogen-bond donors (Lipinski definition) is 0. The number of rotatable bonds is 9. The number of hydrogen-bond acceptors (Lipinski definition) is 4. The molecule has 0 aliphatic rings. The summed E-state index contributed by atoms with van der Waals surface area (Å²) < 4.78 is 28.8. The van der Waals surface area contributed by atoms with Gasteiger partial charge < -0.3 is 4.42 Å². The van der Waals surface area contributed by atoms with Crippen LogP contribution in [0.25, 0.3) is 11.5 Å². The first-order chi connectivity index (χ1) is 12.2. The highest BCUT2D eigenvalue weighted by molar-refractivity contribution is 7.92. The van der Waals surface area contributed by atoms with Crippen molar-refractivity contribution in [2.24, 2.45) is 0 Å². The van der Waals surface area contributed by atoms with Crippen LogP contribution in [0, 0.1) is 6.92 Å². The summed E-state index contributed by atoms with van der Waals surface area (Å²) in [5.74, 6) is 0.961. The predicted molar refractivity (Wildman–Crippen MR) is 107 cm³/mol. The molecule has 0 aliphatic heterocycles. The highest BCUT2D eigenvalue weighted by atomic mass is 32.2. The van der Waals surface area contributed by atoms with Crippen molar-refractivity contribution in [2.75, 3.05) is 5.75 Å². The Kier molecular flexibility index (Phi) is 7.04. The molecule has 0 amide bonds. The van der Waals surface area contributed by atoms with Gasteiger partial charge in [-0.15, -0.1) is 0 Å². The average molecular weight is 378 g/mol. The van der Waals surface area contributed by atoms with Crippen LogP contribution in [0.2, 0.25) is 0 Å². The standard InChI is InChI=1S/C21H31NO3S/c1-17-16-19(20-22-13-14-25-20)12-11-18(17)10-8-6-5-7-9-15-26(23,24)21(2,3)4/h11-14,16H,5-10,15H2,1-4H3. The predicted octanol–water partition coefficient (Wildman–Crippen LogP) is 5.36. The van der Waals surface area contributed by atoms with Crippen LogP contribution in [0.1, 0.15) is 64.0 Å². The van der Waals surface area contributed by atoms with Crippen molar-refractivity contribution in [3.8, 4) is 11.5 Å². The van der Waals surface area contributed by atoms with Crippen molar-refractivity contribution in [1.29, 1.82) is 0 Å². The first-order valence-electron chi connectivity index (χ1n) is 9.42. The average Bonchev–Trinajstić information content (AvgIpc) is 3.08. The van der Waals surface area contributed by atoms with Gasteiger partial charge in [0.15, 0.2) is 9.84 Å². The number of unbranched alkanes of at least 4 members (excludes halogenated alkanes) is 4. The first-order valence-corrected chi connectivity index (χ1v) is 11.1. The van der Waals surface area contributed by atoms with Crippen LogP contribution in [0.4, 0.5) is 0 Å². The van der Waals surface area contributed by atoms with Gasteiger partial charge in [0.05, 0.1) is 16.7 Å². The fourth-order valence-electron chi connectivity index (χ4n) is 2.92. The maximum atomic E-state index is 12.1. The lowest BCUT2D eigenvalue weighted by Gasteiger charge is -2.18. The Morgan fingerprint density at radius 3 is 2.35 bits per heavy atom. The van der Waals surface area contributed by atoms with E-state index in [9.17, 15) is 8.42 Å². The summed E-state index contributed by atoms with van der Waals surface area (Å²) in [5.41, 5.74) is 3.63. The third-order valence-corrected chi connectivity index (χ3v) is 7.51. The van der Waals surface area contributed by atoms with Crippen LogP contribution in [-0.2, 0) is 16.3 Å². The van der Waals surface area contributed by atoms with Gasteiger partial charge in [0, 0.05) is 5.56 Å². The lowest BCUT2D eigenvalue weighted by atomic mass is 9.99. The fourth-order valence-corrected chi connectivity index (χ4v) is 4.12. The third kappa shape index (κ3) is 5.70. The summed E-state index contributed by atoms with van der Waals surface area (Å²) >= 11 is 0. The second kappa shape index (κ2) is 8.85. The first kappa shape index (κ1) is 20.7. The smallest absolute Gasteiger partial charge is 0.225 e. The minimum Gasteiger partial charge on any atom is -0.445 e. The van der Waals surface area contributed by atoms with E-state index >= 15 is 0 Å². The second-order valence-electron chi connectivity index (χ2n) is 7.93. The van der Waals surface area contributed by atoms with E-state index in [0.29, 0.717) is 11.6 Å². The minimum absolute atomic E-state index is 0.303. The van der Waals surface area contributed by atoms with E-state index in [4.69, 9.17) is 4.42 Å². The summed E-state index contributed by atoms with van der Waals surface area (Å²) in [6.45, 7) is 7.45. The maximum absolute atomic E-state index is 12.1. The monoisotopic (exact) mass is 377 g/mol. The van der Waals surface area contributed by atoms with E-state index < -0.39 is 14.6 Å². The Balaban J connectivity index is 1.69. The Morgan fingerprint density at radius 2 is 1.73 bits per heavy atom. The van der Waals surface area contributed by atoms with Crippen molar-refractivity contribution >= 4 is 9.84 Å². The molecule has 1 aromatic carbocycles. The lowest BCUT2D eigenvalue weighted by Crippen LogP contribution is -2.30. The van der Waals surface area contributed by atoms with Gasteiger partial charge >= 0.3 is 0 Å². The van der Waals surface area contributed by atoms with Crippen molar-refractivity contribution in [3.63, 3.8) is 0 Å². The molecule has 0 atom stereocenters. The van der Waals surface area contributed by atoms with Gasteiger partial charge in [0.1, 0.15) is 6.26 Å². The number of oxazole rings is 1. The van der Waals surface area contributed by atoms with Crippen LogP contribution < -0.4 is 0 Å². The molecule has 144 valence electrons. The quantitative estimate of drug-likeness (QED) is 0.552. The van der Waals surface area contributed by atoms with Crippen molar-refractivity contribution in [2.45, 2.75) is 71.0 Å². The van der Waals surface area contributed by atoms with Crippen LogP contribution >= 0.6 is 0 Å². The van der Waals surface area contributed by atoms with E-state index in [1.54, 1.807) is 33.2 Å². The van der Waals surface area contributed by atoms with E-state index in [1.165, 1.54) is 11.1 Å². The summed E-state index contributed by atoms with van der Waals surface area (Å²) in [6, 6.07) is 6.34. The van der Waals surface area contributed by atoms with Gasteiger partial charge in [-0.25, -0.2) is 13.4 Å². The van der Waals surface area contributed by atoms with Crippen molar-refractivity contribution in [1.82, 2.24) is 4.98 Å².